The normalized spacial score (nSPS) is 12.2. The van der Waals surface area contributed by atoms with Gasteiger partial charge < -0.3 is 4.57 Å². The standard InChI is InChI=1S/C16H19N5O2S/c1-9-11(5-6-12(22)18-16-20(3)7-8-24-16)10(2)17-14-13(9)15(23)21(4)19-14/h7-8H,5-6H2,1-4H3,(H,17,19). The topological polar surface area (TPSA) is 85.0 Å². The van der Waals surface area contributed by atoms with Gasteiger partial charge in [-0.05, 0) is 31.4 Å². The van der Waals surface area contributed by atoms with E-state index in [-0.39, 0.29) is 17.9 Å². The summed E-state index contributed by atoms with van der Waals surface area (Å²) in [6, 6.07) is 0. The van der Waals surface area contributed by atoms with Crippen molar-refractivity contribution in [3.05, 3.63) is 43.6 Å². The number of thiazole rings is 1. The van der Waals surface area contributed by atoms with Crippen LogP contribution in [0.3, 0.4) is 0 Å². The maximum absolute atomic E-state index is 12.2. The molecule has 3 aromatic rings. The second-order valence-electron chi connectivity index (χ2n) is 5.80. The predicted molar refractivity (Wildman–Crippen MR) is 93.0 cm³/mol. The average molecular weight is 345 g/mol. The third-order valence-electron chi connectivity index (χ3n) is 4.14. The van der Waals surface area contributed by atoms with E-state index < -0.39 is 0 Å². The Morgan fingerprint density at radius 2 is 2.12 bits per heavy atom. The molecule has 0 fully saturated rings. The molecule has 0 saturated carbocycles. The minimum Gasteiger partial charge on any atom is -0.327 e. The average Bonchev–Trinajstić information content (AvgIpc) is 3.03. The Morgan fingerprint density at radius 1 is 1.38 bits per heavy atom. The first-order valence-corrected chi connectivity index (χ1v) is 8.49. The first kappa shape index (κ1) is 16.4. The number of hydrogen-bond donors (Lipinski definition) is 1. The van der Waals surface area contributed by atoms with Crippen LogP contribution in [-0.4, -0.2) is 25.2 Å². The largest absolute Gasteiger partial charge is 0.327 e. The molecule has 0 bridgehead atoms. The molecule has 0 aliphatic rings. The molecular formula is C16H19N5O2S. The van der Waals surface area contributed by atoms with Gasteiger partial charge in [0.25, 0.3) is 5.56 Å². The summed E-state index contributed by atoms with van der Waals surface area (Å²) in [7, 11) is 3.53. The summed E-state index contributed by atoms with van der Waals surface area (Å²) in [5, 5.41) is 5.42. The number of nitrogens with one attached hydrogen (secondary N) is 1. The molecule has 0 spiro atoms. The van der Waals surface area contributed by atoms with E-state index in [1.54, 1.807) is 7.05 Å². The van der Waals surface area contributed by atoms with Gasteiger partial charge in [0.2, 0.25) is 5.91 Å². The zero-order chi connectivity index (χ0) is 17.4. The Kier molecular flexibility index (Phi) is 4.23. The highest BCUT2D eigenvalue weighted by atomic mass is 32.1. The Morgan fingerprint density at radius 3 is 2.79 bits per heavy atom. The SMILES string of the molecule is Cc1nc2[nH]n(C)c(=O)c2c(C)c1CCC(=O)N=c1sccn1C. The van der Waals surface area contributed by atoms with Crippen LogP contribution in [0.1, 0.15) is 23.2 Å². The highest BCUT2D eigenvalue weighted by Crippen LogP contribution is 2.20. The number of fused-ring (bicyclic) bond motifs is 1. The van der Waals surface area contributed by atoms with Crippen molar-refractivity contribution in [1.82, 2.24) is 19.3 Å². The minimum atomic E-state index is -0.172. The van der Waals surface area contributed by atoms with Crippen LogP contribution in [0.25, 0.3) is 11.0 Å². The van der Waals surface area contributed by atoms with Gasteiger partial charge in [-0.15, -0.1) is 11.3 Å². The van der Waals surface area contributed by atoms with Crippen molar-refractivity contribution < 1.29 is 4.79 Å². The number of hydrogen-bond acceptors (Lipinski definition) is 4. The smallest absolute Gasteiger partial charge is 0.276 e. The van der Waals surface area contributed by atoms with Crippen molar-refractivity contribution in [2.24, 2.45) is 19.1 Å². The highest BCUT2D eigenvalue weighted by molar-refractivity contribution is 7.07. The van der Waals surface area contributed by atoms with Gasteiger partial charge in [-0.25, -0.2) is 4.98 Å². The van der Waals surface area contributed by atoms with E-state index in [9.17, 15) is 9.59 Å². The zero-order valence-corrected chi connectivity index (χ0v) is 14.9. The Hall–Kier alpha value is -2.48. The molecular weight excluding hydrogens is 326 g/mol. The van der Waals surface area contributed by atoms with Crippen molar-refractivity contribution in [3.63, 3.8) is 0 Å². The summed E-state index contributed by atoms with van der Waals surface area (Å²) in [5.41, 5.74) is 3.14. The fraction of sp³-hybridized carbons (Fsp3) is 0.375. The van der Waals surface area contributed by atoms with Gasteiger partial charge in [0, 0.05) is 37.8 Å². The van der Waals surface area contributed by atoms with Gasteiger partial charge in [-0.3, -0.25) is 19.4 Å². The molecule has 0 radical (unpaired) electrons. The molecule has 1 N–H and O–H groups in total. The molecule has 3 rings (SSSR count). The lowest BCUT2D eigenvalue weighted by Gasteiger charge is -2.08. The van der Waals surface area contributed by atoms with Gasteiger partial charge in [0.15, 0.2) is 10.4 Å². The third kappa shape index (κ3) is 2.84. The van der Waals surface area contributed by atoms with E-state index >= 15 is 0 Å². The number of aryl methyl sites for hydroxylation is 4. The summed E-state index contributed by atoms with van der Waals surface area (Å²) in [6.45, 7) is 3.80. The highest BCUT2D eigenvalue weighted by Gasteiger charge is 2.15. The van der Waals surface area contributed by atoms with Crippen LogP contribution in [0, 0.1) is 13.8 Å². The maximum Gasteiger partial charge on any atom is 0.276 e. The van der Waals surface area contributed by atoms with Gasteiger partial charge in [0.1, 0.15) is 0 Å². The molecule has 1 amide bonds. The van der Waals surface area contributed by atoms with E-state index in [1.165, 1.54) is 16.0 Å². The summed E-state index contributed by atoms with van der Waals surface area (Å²) in [5.74, 6) is -0.172. The number of carbonyl (C=O) groups excluding carboxylic acids is 1. The number of aromatic nitrogens is 4. The molecule has 0 aromatic carbocycles. The molecule has 126 valence electrons. The predicted octanol–water partition coefficient (Wildman–Crippen LogP) is 1.34. The van der Waals surface area contributed by atoms with E-state index in [4.69, 9.17) is 0 Å². The first-order valence-electron chi connectivity index (χ1n) is 7.61. The Bertz CT molecular complexity index is 1050. The monoisotopic (exact) mass is 345 g/mol. The van der Waals surface area contributed by atoms with Crippen molar-refractivity contribution in [3.8, 4) is 0 Å². The lowest BCUT2D eigenvalue weighted by molar-refractivity contribution is -0.118. The molecule has 3 aromatic heterocycles. The molecule has 8 heteroatoms. The molecule has 0 saturated heterocycles. The number of carbonyl (C=O) groups is 1. The van der Waals surface area contributed by atoms with E-state index in [0.29, 0.717) is 22.3 Å². The second kappa shape index (κ2) is 6.20. The number of aromatic amines is 1. The van der Waals surface area contributed by atoms with Crippen LogP contribution >= 0.6 is 11.3 Å². The molecule has 0 aliphatic carbocycles. The zero-order valence-electron chi connectivity index (χ0n) is 14.1. The summed E-state index contributed by atoms with van der Waals surface area (Å²) in [6.07, 6.45) is 2.68. The number of H-pyrrole nitrogens is 1. The van der Waals surface area contributed by atoms with Gasteiger partial charge in [-0.2, -0.15) is 4.99 Å². The van der Waals surface area contributed by atoms with Crippen LogP contribution in [0.4, 0.5) is 0 Å². The molecule has 7 nitrogen and oxygen atoms in total. The van der Waals surface area contributed by atoms with Crippen LogP contribution in [0.15, 0.2) is 21.4 Å². The van der Waals surface area contributed by atoms with Crippen LogP contribution in [-0.2, 0) is 25.3 Å². The number of nitrogens with zero attached hydrogens (tertiary/aromatic N) is 4. The summed E-state index contributed by atoms with van der Waals surface area (Å²) >= 11 is 1.43. The van der Waals surface area contributed by atoms with Crippen molar-refractivity contribution in [2.45, 2.75) is 26.7 Å². The van der Waals surface area contributed by atoms with E-state index in [0.717, 1.165) is 16.8 Å². The van der Waals surface area contributed by atoms with Gasteiger partial charge in [-0.1, -0.05) is 0 Å². The first-order chi connectivity index (χ1) is 11.4. The van der Waals surface area contributed by atoms with Crippen LogP contribution in [0.2, 0.25) is 0 Å². The Labute approximate surface area is 142 Å². The summed E-state index contributed by atoms with van der Waals surface area (Å²) in [4.78, 5) is 33.6. The fourth-order valence-electron chi connectivity index (χ4n) is 2.81. The van der Waals surface area contributed by atoms with Gasteiger partial charge >= 0.3 is 0 Å². The summed E-state index contributed by atoms with van der Waals surface area (Å²) < 4.78 is 3.24. The fourth-order valence-corrected chi connectivity index (χ4v) is 3.56. The van der Waals surface area contributed by atoms with Crippen molar-refractivity contribution in [2.75, 3.05) is 0 Å². The number of amides is 1. The van der Waals surface area contributed by atoms with Crippen LogP contribution < -0.4 is 10.4 Å². The van der Waals surface area contributed by atoms with Crippen molar-refractivity contribution in [1.29, 1.82) is 0 Å². The second-order valence-corrected chi connectivity index (χ2v) is 6.68. The van der Waals surface area contributed by atoms with E-state index in [1.807, 2.05) is 37.0 Å². The van der Waals surface area contributed by atoms with E-state index in [2.05, 4.69) is 15.1 Å². The minimum absolute atomic E-state index is 0.0992. The molecule has 0 atom stereocenters. The molecule has 0 unspecified atom stereocenters. The third-order valence-corrected chi connectivity index (χ3v) is 4.99. The molecule has 3 heterocycles. The molecule has 24 heavy (non-hydrogen) atoms. The van der Waals surface area contributed by atoms with Gasteiger partial charge in [0.05, 0.1) is 5.39 Å². The lowest BCUT2D eigenvalue weighted by atomic mass is 10.0. The number of pyridine rings is 1. The quantitative estimate of drug-likeness (QED) is 0.777. The van der Waals surface area contributed by atoms with Crippen LogP contribution in [0.5, 0.6) is 0 Å². The maximum atomic E-state index is 12.2. The van der Waals surface area contributed by atoms with Crippen molar-refractivity contribution >= 4 is 28.3 Å². The lowest BCUT2D eigenvalue weighted by Crippen LogP contribution is -2.14. The Balaban J connectivity index is 1.91. The molecule has 0 aliphatic heterocycles. The number of rotatable bonds is 3.